The van der Waals surface area contributed by atoms with Crippen LogP contribution >= 0.6 is 7.26 Å². The maximum absolute atomic E-state index is 10.9. The lowest BCUT2D eigenvalue weighted by atomic mass is 10.2. The lowest BCUT2D eigenvalue weighted by molar-refractivity contribution is -0.141. The van der Waals surface area contributed by atoms with E-state index in [4.69, 9.17) is 4.74 Å². The highest BCUT2D eigenvalue weighted by Gasteiger charge is 2.44. The van der Waals surface area contributed by atoms with E-state index in [2.05, 4.69) is 91.0 Å². The zero-order valence-electron chi connectivity index (χ0n) is 18.3. The number of hydrogen-bond donors (Lipinski definition) is 0. The molecule has 0 bridgehead atoms. The topological polar surface area (TPSA) is 26.3 Å². The second-order valence-corrected chi connectivity index (χ2v) is 11.3. The molecule has 0 unspecified atom stereocenters. The molecule has 0 radical (unpaired) electrons. The quantitative estimate of drug-likeness (QED) is 0.230. The first-order valence-electron chi connectivity index (χ1n) is 10.9. The Kier molecular flexibility index (Phi) is 11.0. The van der Waals surface area contributed by atoms with Gasteiger partial charge in [-0.15, -0.1) is 0 Å². The summed E-state index contributed by atoms with van der Waals surface area (Å²) in [6, 6.07) is 33.2. The van der Waals surface area contributed by atoms with E-state index in [1.54, 1.807) is 0 Å². The lowest BCUT2D eigenvalue weighted by Crippen LogP contribution is -3.00. The van der Waals surface area contributed by atoms with Crippen LogP contribution in [0.2, 0.25) is 0 Å². The van der Waals surface area contributed by atoms with Gasteiger partial charge in [-0.3, -0.25) is 4.79 Å². The van der Waals surface area contributed by atoms with Crippen molar-refractivity contribution in [2.24, 2.45) is 0 Å². The number of hydrogen-bond acceptors (Lipinski definition) is 2. The van der Waals surface area contributed by atoms with Gasteiger partial charge in [0.25, 0.3) is 0 Å². The molecule has 2 nitrogen and oxygen atoms in total. The highest BCUT2D eigenvalue weighted by molar-refractivity contribution is 7.95. The van der Waals surface area contributed by atoms with E-state index in [1.807, 2.05) is 0 Å². The van der Waals surface area contributed by atoms with Gasteiger partial charge in [0.15, 0.2) is 0 Å². The lowest BCUT2D eigenvalue weighted by Gasteiger charge is -2.27. The molecule has 3 aromatic rings. The van der Waals surface area contributed by atoms with E-state index < -0.39 is 7.26 Å². The minimum absolute atomic E-state index is 0. The maximum atomic E-state index is 10.9. The molecule has 0 spiro atoms. The number of carbonyl (C=O) groups is 1. The van der Waals surface area contributed by atoms with Crippen LogP contribution in [0.15, 0.2) is 91.0 Å². The Morgan fingerprint density at radius 1 is 0.645 bits per heavy atom. The molecule has 0 aromatic heterocycles. The van der Waals surface area contributed by atoms with Gasteiger partial charge in [0, 0.05) is 6.92 Å². The number of unbranched alkanes of at least 4 members (excludes halogenated alkanes) is 4. The average Bonchev–Trinajstić information content (AvgIpc) is 2.80. The Morgan fingerprint density at radius 2 is 1.03 bits per heavy atom. The predicted octanol–water partition coefficient (Wildman–Crippen LogP) is 2.50. The van der Waals surface area contributed by atoms with Crippen molar-refractivity contribution in [1.82, 2.24) is 0 Å². The number of rotatable bonds is 11. The number of benzene rings is 3. The van der Waals surface area contributed by atoms with Crippen LogP contribution in [-0.2, 0) is 9.53 Å². The molecule has 3 rings (SSSR count). The van der Waals surface area contributed by atoms with E-state index in [-0.39, 0.29) is 23.0 Å². The monoisotopic (exact) mass is 498 g/mol. The first-order chi connectivity index (χ1) is 14.7. The zero-order chi connectivity index (χ0) is 21.1. The summed E-state index contributed by atoms with van der Waals surface area (Å²) in [5, 5.41) is 4.37. The molecule has 164 valence electrons. The first kappa shape index (κ1) is 25.3. The normalized spacial score (nSPS) is 10.9. The summed E-state index contributed by atoms with van der Waals surface area (Å²) in [4.78, 5) is 10.9. The molecule has 3 aromatic carbocycles. The summed E-state index contributed by atoms with van der Waals surface area (Å²) in [5.41, 5.74) is 0. The van der Waals surface area contributed by atoms with E-state index >= 15 is 0 Å². The maximum Gasteiger partial charge on any atom is 0.302 e. The third-order valence-corrected chi connectivity index (χ3v) is 10.1. The molecule has 0 N–H and O–H groups in total. The molecular formula is C27H32BrO2P. The van der Waals surface area contributed by atoms with Crippen LogP contribution in [-0.4, -0.2) is 18.7 Å². The van der Waals surface area contributed by atoms with Crippen molar-refractivity contribution in [3.8, 4) is 0 Å². The van der Waals surface area contributed by atoms with Crippen LogP contribution in [0, 0.1) is 0 Å². The van der Waals surface area contributed by atoms with E-state index in [0.29, 0.717) is 6.61 Å². The van der Waals surface area contributed by atoms with Crippen LogP contribution < -0.4 is 32.9 Å². The van der Waals surface area contributed by atoms with Crippen LogP contribution in [0.4, 0.5) is 0 Å². The zero-order valence-corrected chi connectivity index (χ0v) is 20.7. The Hall–Kier alpha value is -1.96. The molecule has 0 saturated heterocycles. The molecule has 0 aliphatic rings. The molecule has 0 amide bonds. The van der Waals surface area contributed by atoms with Crippen molar-refractivity contribution in [3.63, 3.8) is 0 Å². The predicted molar refractivity (Wildman–Crippen MR) is 130 cm³/mol. The summed E-state index contributed by atoms with van der Waals surface area (Å²) in [6.45, 7) is 2.02. The van der Waals surface area contributed by atoms with Gasteiger partial charge in [0.05, 0.1) is 12.8 Å². The van der Waals surface area contributed by atoms with E-state index in [1.165, 1.54) is 48.3 Å². The second-order valence-electron chi connectivity index (χ2n) is 7.65. The standard InChI is InChI=1S/C27H32O2P.BrH/c1-24(28)29-22-14-3-2-4-15-23-30(25-16-8-5-9-17-25,26-18-10-6-11-19-26)27-20-12-7-13-21-27;/h5-13,16-21H,2-4,14-15,22-23H2,1H3;1H/q+1;/p-1. The Bertz CT molecular complexity index is 788. The Morgan fingerprint density at radius 3 is 1.45 bits per heavy atom. The van der Waals surface area contributed by atoms with Crippen molar-refractivity contribution in [3.05, 3.63) is 91.0 Å². The minimum atomic E-state index is -1.70. The molecule has 4 heteroatoms. The molecule has 31 heavy (non-hydrogen) atoms. The van der Waals surface area contributed by atoms with Crippen molar-refractivity contribution < 1.29 is 26.5 Å². The van der Waals surface area contributed by atoms with Crippen LogP contribution in [0.1, 0.15) is 39.0 Å². The van der Waals surface area contributed by atoms with Gasteiger partial charge in [-0.2, -0.15) is 0 Å². The fourth-order valence-corrected chi connectivity index (χ4v) is 8.49. The van der Waals surface area contributed by atoms with E-state index in [0.717, 1.165) is 12.8 Å². The Labute approximate surface area is 198 Å². The van der Waals surface area contributed by atoms with Gasteiger partial charge in [-0.25, -0.2) is 0 Å². The fraction of sp³-hybridized carbons (Fsp3) is 0.296. The van der Waals surface area contributed by atoms with Gasteiger partial charge in [-0.05, 0) is 55.7 Å². The molecular weight excluding hydrogens is 467 g/mol. The van der Waals surface area contributed by atoms with Gasteiger partial charge < -0.3 is 21.7 Å². The molecule has 0 aliphatic carbocycles. The van der Waals surface area contributed by atoms with E-state index in [9.17, 15) is 4.79 Å². The molecule has 0 fully saturated rings. The summed E-state index contributed by atoms with van der Waals surface area (Å²) in [7, 11) is -1.70. The molecule has 0 atom stereocenters. The molecule has 0 aliphatic heterocycles. The van der Waals surface area contributed by atoms with Crippen LogP contribution in [0.25, 0.3) is 0 Å². The highest BCUT2D eigenvalue weighted by Crippen LogP contribution is 2.55. The molecule has 0 saturated carbocycles. The highest BCUT2D eigenvalue weighted by atomic mass is 79.9. The summed E-state index contributed by atoms with van der Waals surface area (Å²) < 4.78 is 5.04. The SMILES string of the molecule is CC(=O)OCCCCCCC[P+](c1ccccc1)(c1ccccc1)c1ccccc1.[Br-]. The first-order valence-corrected chi connectivity index (χ1v) is 12.9. The average molecular weight is 499 g/mol. The summed E-state index contributed by atoms with van der Waals surface area (Å²) in [6.07, 6.45) is 6.82. The third kappa shape index (κ3) is 7.02. The van der Waals surface area contributed by atoms with Crippen LogP contribution in [0.3, 0.4) is 0 Å². The number of ether oxygens (including phenoxy) is 1. The van der Waals surface area contributed by atoms with Crippen molar-refractivity contribution in [2.75, 3.05) is 12.8 Å². The summed E-state index contributed by atoms with van der Waals surface area (Å²) >= 11 is 0. The van der Waals surface area contributed by atoms with Gasteiger partial charge in [-0.1, -0.05) is 67.4 Å². The fourth-order valence-electron chi connectivity index (χ4n) is 4.08. The van der Waals surface area contributed by atoms with Crippen LogP contribution in [0.5, 0.6) is 0 Å². The third-order valence-electron chi connectivity index (χ3n) is 5.53. The minimum Gasteiger partial charge on any atom is -1.00 e. The van der Waals surface area contributed by atoms with Crippen molar-refractivity contribution in [2.45, 2.75) is 39.0 Å². The molecule has 0 heterocycles. The van der Waals surface area contributed by atoms with Crippen molar-refractivity contribution in [1.29, 1.82) is 0 Å². The Balaban J connectivity index is 0.00000341. The second kappa shape index (κ2) is 13.5. The summed E-state index contributed by atoms with van der Waals surface area (Å²) in [5.74, 6) is -0.182. The number of halogens is 1. The number of carbonyl (C=O) groups excluding carboxylic acids is 1. The van der Waals surface area contributed by atoms with Gasteiger partial charge >= 0.3 is 5.97 Å². The van der Waals surface area contributed by atoms with Gasteiger partial charge in [0.1, 0.15) is 23.2 Å². The van der Waals surface area contributed by atoms with Gasteiger partial charge in [0.2, 0.25) is 0 Å². The number of esters is 1. The largest absolute Gasteiger partial charge is 1.00 e. The van der Waals surface area contributed by atoms with Crippen molar-refractivity contribution >= 4 is 29.1 Å². The smallest absolute Gasteiger partial charge is 0.302 e.